The first kappa shape index (κ1) is 25.8. The van der Waals surface area contributed by atoms with Gasteiger partial charge in [0, 0.05) is 26.6 Å². The van der Waals surface area contributed by atoms with Crippen LogP contribution in [0.2, 0.25) is 0 Å². The number of carbonyl (C=O) groups is 2. The second kappa shape index (κ2) is 18.2. The van der Waals surface area contributed by atoms with Crippen molar-refractivity contribution in [3.63, 3.8) is 0 Å². The average molecular weight is 383 g/mol. The molecule has 0 aromatic carbocycles. The Hall–Kier alpha value is -1.16. The molecule has 1 N–H and O–H groups in total. The number of unbranched alkanes of at least 4 members (excludes halogenated alkanes) is 8. The van der Waals surface area contributed by atoms with Gasteiger partial charge in [0.05, 0.1) is 5.92 Å². The second-order valence-electron chi connectivity index (χ2n) is 7.67. The van der Waals surface area contributed by atoms with E-state index >= 15 is 0 Å². The summed E-state index contributed by atoms with van der Waals surface area (Å²) in [5.41, 5.74) is 0. The SMILES string of the molecule is CCCCCCCC(=O)CCCCCC/C=C/C(C)[C@@H](CCOC)C(=O)O. The fraction of sp³-hybridized carbons (Fsp3) is 0.826. The third kappa shape index (κ3) is 15.6. The van der Waals surface area contributed by atoms with Crippen molar-refractivity contribution >= 4 is 11.8 Å². The van der Waals surface area contributed by atoms with Crippen LogP contribution in [0.15, 0.2) is 12.2 Å². The van der Waals surface area contributed by atoms with Crippen LogP contribution < -0.4 is 0 Å². The minimum absolute atomic E-state index is 0.0209. The smallest absolute Gasteiger partial charge is 0.307 e. The molecule has 0 radical (unpaired) electrons. The second-order valence-corrected chi connectivity index (χ2v) is 7.67. The minimum atomic E-state index is -0.751. The van der Waals surface area contributed by atoms with E-state index in [1.54, 1.807) is 7.11 Å². The van der Waals surface area contributed by atoms with E-state index in [2.05, 4.69) is 13.0 Å². The fourth-order valence-corrected chi connectivity index (χ4v) is 3.29. The van der Waals surface area contributed by atoms with Crippen LogP contribution >= 0.6 is 0 Å². The number of carboxylic acids is 1. The molecule has 1 unspecified atom stereocenters. The van der Waals surface area contributed by atoms with Gasteiger partial charge < -0.3 is 9.84 Å². The molecule has 158 valence electrons. The maximum Gasteiger partial charge on any atom is 0.307 e. The van der Waals surface area contributed by atoms with Crippen molar-refractivity contribution in [1.29, 1.82) is 0 Å². The first-order valence-electron chi connectivity index (χ1n) is 10.9. The van der Waals surface area contributed by atoms with Crippen LogP contribution in [0.25, 0.3) is 0 Å². The molecule has 4 heteroatoms. The van der Waals surface area contributed by atoms with Gasteiger partial charge in [0.25, 0.3) is 0 Å². The van der Waals surface area contributed by atoms with Crippen LogP contribution in [0.3, 0.4) is 0 Å². The molecule has 0 amide bonds. The maximum atomic E-state index is 11.8. The number of hydrogen-bond acceptors (Lipinski definition) is 3. The summed E-state index contributed by atoms with van der Waals surface area (Å²) in [6, 6.07) is 0. The molecule has 0 saturated carbocycles. The molecule has 0 aliphatic carbocycles. The first-order chi connectivity index (χ1) is 13.0. The molecule has 4 nitrogen and oxygen atoms in total. The van der Waals surface area contributed by atoms with Crippen molar-refractivity contribution in [3.8, 4) is 0 Å². The lowest BCUT2D eigenvalue weighted by molar-refractivity contribution is -0.143. The van der Waals surface area contributed by atoms with E-state index in [-0.39, 0.29) is 11.8 Å². The van der Waals surface area contributed by atoms with Crippen LogP contribution in [0.4, 0.5) is 0 Å². The Morgan fingerprint density at radius 1 is 0.963 bits per heavy atom. The van der Waals surface area contributed by atoms with Gasteiger partial charge in [-0.3, -0.25) is 9.59 Å². The largest absolute Gasteiger partial charge is 0.481 e. The third-order valence-electron chi connectivity index (χ3n) is 5.16. The molecular weight excluding hydrogens is 340 g/mol. The van der Waals surface area contributed by atoms with E-state index in [0.717, 1.165) is 51.4 Å². The number of methoxy groups -OCH3 is 1. The Morgan fingerprint density at radius 2 is 1.56 bits per heavy atom. The van der Waals surface area contributed by atoms with Crippen LogP contribution in [0, 0.1) is 11.8 Å². The van der Waals surface area contributed by atoms with Crippen molar-refractivity contribution in [3.05, 3.63) is 12.2 Å². The number of allylic oxidation sites excluding steroid dienone is 2. The molecule has 2 atom stereocenters. The number of ketones is 1. The number of hydrogen-bond donors (Lipinski definition) is 1. The molecule has 0 aliphatic heterocycles. The molecule has 0 aliphatic rings. The third-order valence-corrected chi connectivity index (χ3v) is 5.16. The number of ether oxygens (including phenoxy) is 1. The quantitative estimate of drug-likeness (QED) is 0.214. The van der Waals surface area contributed by atoms with Gasteiger partial charge >= 0.3 is 5.97 Å². The highest BCUT2D eigenvalue weighted by molar-refractivity contribution is 5.78. The van der Waals surface area contributed by atoms with Gasteiger partial charge in [-0.25, -0.2) is 0 Å². The number of carboxylic acid groups (broad SMARTS) is 1. The van der Waals surface area contributed by atoms with Gasteiger partial charge in [0.2, 0.25) is 0 Å². The molecule has 0 rings (SSSR count). The van der Waals surface area contributed by atoms with Gasteiger partial charge in [-0.05, 0) is 38.0 Å². The summed E-state index contributed by atoms with van der Waals surface area (Å²) >= 11 is 0. The Bertz CT molecular complexity index is 403. The molecule has 27 heavy (non-hydrogen) atoms. The van der Waals surface area contributed by atoms with E-state index in [4.69, 9.17) is 4.74 Å². The van der Waals surface area contributed by atoms with Gasteiger partial charge in [0.15, 0.2) is 0 Å². The molecule has 0 spiro atoms. The monoisotopic (exact) mass is 382 g/mol. The predicted molar refractivity (Wildman–Crippen MR) is 112 cm³/mol. The van der Waals surface area contributed by atoms with E-state index in [0.29, 0.717) is 18.8 Å². The molecule has 0 fully saturated rings. The van der Waals surface area contributed by atoms with E-state index < -0.39 is 5.97 Å². The maximum absolute atomic E-state index is 11.8. The Balaban J connectivity index is 3.68. The van der Waals surface area contributed by atoms with Gasteiger partial charge in [-0.2, -0.15) is 0 Å². The summed E-state index contributed by atoms with van der Waals surface area (Å²) in [5.74, 6) is -0.683. The predicted octanol–water partition coefficient (Wildman–Crippen LogP) is 6.19. The Kier molecular flexibility index (Phi) is 17.4. The first-order valence-corrected chi connectivity index (χ1v) is 10.9. The number of rotatable bonds is 19. The number of aliphatic carboxylic acids is 1. The molecule has 0 heterocycles. The number of carbonyl (C=O) groups excluding carboxylic acids is 1. The normalized spacial score (nSPS) is 13.7. The standard InChI is InChI=1S/C23H42O4/c1-4-5-6-9-13-16-21(24)17-14-11-8-7-10-12-15-20(2)22(23(25)26)18-19-27-3/h12,15,20,22H,4-11,13-14,16-19H2,1-3H3,(H,25,26)/b15-12+/t20?,22-/m1/s1. The highest BCUT2D eigenvalue weighted by Crippen LogP contribution is 2.18. The molecule has 0 bridgehead atoms. The lowest BCUT2D eigenvalue weighted by Gasteiger charge is -2.16. The number of Topliss-reactive ketones (excluding diaryl/α,β-unsaturated/α-hetero) is 1. The highest BCUT2D eigenvalue weighted by atomic mass is 16.5. The lowest BCUT2D eigenvalue weighted by atomic mass is 9.90. The molecular formula is C23H42O4. The molecule has 0 aromatic heterocycles. The summed E-state index contributed by atoms with van der Waals surface area (Å²) in [5, 5.41) is 9.29. The summed E-state index contributed by atoms with van der Waals surface area (Å²) < 4.78 is 5.00. The fourth-order valence-electron chi connectivity index (χ4n) is 3.29. The summed E-state index contributed by atoms with van der Waals surface area (Å²) in [7, 11) is 1.60. The molecule has 0 aromatic rings. The average Bonchev–Trinajstić information content (AvgIpc) is 2.63. The Labute approximate surface area is 166 Å². The molecule has 0 saturated heterocycles. The van der Waals surface area contributed by atoms with Gasteiger partial charge in [-0.15, -0.1) is 0 Å². The Morgan fingerprint density at radius 3 is 2.11 bits per heavy atom. The van der Waals surface area contributed by atoms with Crippen molar-refractivity contribution in [2.75, 3.05) is 13.7 Å². The zero-order valence-corrected chi connectivity index (χ0v) is 17.9. The summed E-state index contributed by atoms with van der Waals surface area (Å²) in [4.78, 5) is 23.1. The van der Waals surface area contributed by atoms with Crippen molar-refractivity contribution in [2.24, 2.45) is 11.8 Å². The summed E-state index contributed by atoms with van der Waals surface area (Å²) in [6.45, 7) is 4.64. The zero-order chi connectivity index (χ0) is 20.3. The minimum Gasteiger partial charge on any atom is -0.481 e. The van der Waals surface area contributed by atoms with E-state index in [1.807, 2.05) is 13.0 Å². The lowest BCUT2D eigenvalue weighted by Crippen LogP contribution is -2.21. The topological polar surface area (TPSA) is 63.6 Å². The van der Waals surface area contributed by atoms with Crippen molar-refractivity contribution in [2.45, 2.75) is 97.3 Å². The van der Waals surface area contributed by atoms with Gasteiger partial charge in [-0.1, -0.05) is 64.5 Å². The van der Waals surface area contributed by atoms with E-state index in [1.165, 1.54) is 25.7 Å². The van der Waals surface area contributed by atoms with Crippen LogP contribution in [0.1, 0.15) is 97.3 Å². The highest BCUT2D eigenvalue weighted by Gasteiger charge is 2.22. The van der Waals surface area contributed by atoms with Crippen LogP contribution in [-0.4, -0.2) is 30.6 Å². The van der Waals surface area contributed by atoms with Crippen molar-refractivity contribution in [1.82, 2.24) is 0 Å². The van der Waals surface area contributed by atoms with Crippen LogP contribution in [0.5, 0.6) is 0 Å². The van der Waals surface area contributed by atoms with Crippen LogP contribution in [-0.2, 0) is 14.3 Å². The van der Waals surface area contributed by atoms with Crippen molar-refractivity contribution < 1.29 is 19.4 Å². The summed E-state index contributed by atoms with van der Waals surface area (Å²) in [6.07, 6.45) is 17.5. The zero-order valence-electron chi connectivity index (χ0n) is 17.9. The van der Waals surface area contributed by atoms with E-state index in [9.17, 15) is 14.7 Å². The van der Waals surface area contributed by atoms with Gasteiger partial charge in [0.1, 0.15) is 5.78 Å².